The van der Waals surface area contributed by atoms with Crippen LogP contribution >= 0.6 is 0 Å². The quantitative estimate of drug-likeness (QED) is 0.427. The van der Waals surface area contributed by atoms with Gasteiger partial charge in [0.25, 0.3) is 0 Å². The van der Waals surface area contributed by atoms with Crippen molar-refractivity contribution in [2.75, 3.05) is 6.61 Å². The number of hydrogen-bond donors (Lipinski definition) is 1. The molecule has 0 spiro atoms. The van der Waals surface area contributed by atoms with Gasteiger partial charge in [-0.3, -0.25) is 0 Å². The maximum absolute atomic E-state index is 7.57. The molecule has 2 heteroatoms. The normalized spacial score (nSPS) is 4.50. The fourth-order valence-corrected chi connectivity index (χ4v) is 0. The summed E-state index contributed by atoms with van der Waals surface area (Å²) < 4.78 is 0. The van der Waals surface area contributed by atoms with Crippen molar-refractivity contribution in [3.63, 3.8) is 0 Å². The van der Waals surface area contributed by atoms with Crippen LogP contribution in [0.2, 0.25) is 0 Å². The molecular formula is C2H8OSr. The molecule has 0 rings (SSSR count). The molecule has 0 aliphatic carbocycles. The Hall–Kier alpha value is 1.44. The van der Waals surface area contributed by atoms with Gasteiger partial charge in [-0.15, -0.1) is 0 Å². The van der Waals surface area contributed by atoms with Crippen molar-refractivity contribution in [1.29, 1.82) is 0 Å². The minimum atomic E-state index is 0. The van der Waals surface area contributed by atoms with Crippen LogP contribution in [0.4, 0.5) is 0 Å². The van der Waals surface area contributed by atoms with Gasteiger partial charge in [0, 0.05) is 6.61 Å². The van der Waals surface area contributed by atoms with Crippen molar-refractivity contribution < 1.29 is 5.11 Å². The first-order valence-electron chi connectivity index (χ1n) is 1.02. The van der Waals surface area contributed by atoms with Gasteiger partial charge in [0.2, 0.25) is 0 Å². The van der Waals surface area contributed by atoms with E-state index in [9.17, 15) is 0 Å². The van der Waals surface area contributed by atoms with Gasteiger partial charge < -0.3 is 5.11 Å². The third-order valence-electron chi connectivity index (χ3n) is 0. The zero-order valence-electron chi connectivity index (χ0n) is 2.15. The molecule has 0 bridgehead atoms. The first-order valence-corrected chi connectivity index (χ1v) is 1.02. The summed E-state index contributed by atoms with van der Waals surface area (Å²) in [5.41, 5.74) is 0. The van der Waals surface area contributed by atoms with Crippen molar-refractivity contribution >= 4 is 45.5 Å². The molecule has 0 aliphatic heterocycles. The molecular weight excluding hydrogens is 128 g/mol. The predicted octanol–water partition coefficient (Wildman–Crippen LogP) is -0.918. The summed E-state index contributed by atoms with van der Waals surface area (Å²) in [7, 11) is 0. The van der Waals surface area contributed by atoms with Crippen molar-refractivity contribution in [2.24, 2.45) is 0 Å². The molecule has 0 radical (unpaired) electrons. The van der Waals surface area contributed by atoms with Gasteiger partial charge in [0.05, 0.1) is 0 Å². The summed E-state index contributed by atoms with van der Waals surface area (Å²) in [6.45, 7) is 1.93. The maximum atomic E-state index is 7.57. The third-order valence-corrected chi connectivity index (χ3v) is 0. The minimum absolute atomic E-state index is 0. The molecule has 0 aromatic heterocycles. The number of rotatable bonds is 0. The zero-order chi connectivity index (χ0) is 2.71. The fraction of sp³-hybridized carbons (Fsp3) is 1.00. The van der Waals surface area contributed by atoms with E-state index in [1.807, 2.05) is 0 Å². The Bertz CT molecular complexity index is 6.00. The van der Waals surface area contributed by atoms with E-state index in [0.29, 0.717) is 0 Å². The topological polar surface area (TPSA) is 20.2 Å². The van der Waals surface area contributed by atoms with Gasteiger partial charge in [0.15, 0.2) is 0 Å². The van der Waals surface area contributed by atoms with Crippen molar-refractivity contribution in [1.82, 2.24) is 0 Å². The number of hydrogen-bond acceptors (Lipinski definition) is 1. The van der Waals surface area contributed by atoms with Crippen LogP contribution < -0.4 is 0 Å². The number of aliphatic hydroxyl groups excluding tert-OH is 1. The van der Waals surface area contributed by atoms with Crippen LogP contribution in [0.15, 0.2) is 0 Å². The van der Waals surface area contributed by atoms with Crippen molar-refractivity contribution in [3.8, 4) is 0 Å². The van der Waals surface area contributed by atoms with E-state index in [4.69, 9.17) is 5.11 Å². The second-order valence-corrected chi connectivity index (χ2v) is 0.316. The van der Waals surface area contributed by atoms with Crippen LogP contribution in [0.5, 0.6) is 0 Å². The average molecular weight is 136 g/mol. The van der Waals surface area contributed by atoms with E-state index in [0.717, 1.165) is 0 Å². The Morgan fingerprint density at radius 2 is 1.75 bits per heavy atom. The molecule has 0 aromatic carbocycles. The van der Waals surface area contributed by atoms with Crippen LogP contribution in [0.25, 0.3) is 0 Å². The molecule has 0 saturated carbocycles. The Morgan fingerprint density at radius 3 is 1.75 bits per heavy atom. The molecule has 0 aliphatic rings. The summed E-state index contributed by atoms with van der Waals surface area (Å²) in [6.07, 6.45) is 0. The predicted molar refractivity (Wildman–Crippen MR) is 21.3 cm³/mol. The first-order chi connectivity index (χ1) is 1.41. The molecule has 0 fully saturated rings. The molecule has 0 saturated heterocycles. The third kappa shape index (κ3) is 9.88. The van der Waals surface area contributed by atoms with Crippen LogP contribution in [-0.4, -0.2) is 57.2 Å². The Balaban J connectivity index is 0. The van der Waals surface area contributed by atoms with E-state index in [2.05, 4.69) is 0 Å². The Kier molecular flexibility index (Phi) is 20.0. The van der Waals surface area contributed by atoms with Crippen molar-refractivity contribution in [3.05, 3.63) is 0 Å². The van der Waals surface area contributed by atoms with Gasteiger partial charge in [-0.25, -0.2) is 0 Å². The van der Waals surface area contributed by atoms with Crippen molar-refractivity contribution in [2.45, 2.75) is 6.92 Å². The van der Waals surface area contributed by atoms with Gasteiger partial charge in [-0.05, 0) is 6.92 Å². The number of aliphatic hydroxyl groups is 1. The van der Waals surface area contributed by atoms with Gasteiger partial charge in [-0.1, -0.05) is 0 Å². The van der Waals surface area contributed by atoms with Crippen LogP contribution in [0.1, 0.15) is 6.92 Å². The second-order valence-electron chi connectivity index (χ2n) is 0.316. The second kappa shape index (κ2) is 8.83. The molecule has 0 heterocycles. The van der Waals surface area contributed by atoms with Gasteiger partial charge in [0.1, 0.15) is 0 Å². The van der Waals surface area contributed by atoms with Crippen LogP contribution in [0, 0.1) is 0 Å². The molecule has 0 aromatic rings. The standard InChI is InChI=1S/C2H6O.Sr.2H/c1-2-3;;;/h3H,2H2,1H3;;;. The molecule has 24 valence electrons. The van der Waals surface area contributed by atoms with E-state index in [1.165, 1.54) is 0 Å². The first kappa shape index (κ1) is 9.06. The van der Waals surface area contributed by atoms with E-state index in [-0.39, 0.29) is 52.1 Å². The summed E-state index contributed by atoms with van der Waals surface area (Å²) in [6, 6.07) is 0. The Labute approximate surface area is 63.3 Å². The summed E-state index contributed by atoms with van der Waals surface area (Å²) in [5.74, 6) is 0. The fourth-order valence-electron chi connectivity index (χ4n) is 0. The van der Waals surface area contributed by atoms with E-state index < -0.39 is 0 Å². The average Bonchev–Trinajstić information content (AvgIpc) is 0.918. The zero-order valence-corrected chi connectivity index (χ0v) is 2.15. The molecule has 1 N–H and O–H groups in total. The molecule has 0 atom stereocenters. The van der Waals surface area contributed by atoms with Crippen LogP contribution in [0.3, 0.4) is 0 Å². The molecule has 4 heavy (non-hydrogen) atoms. The molecule has 1 nitrogen and oxygen atoms in total. The Morgan fingerprint density at radius 1 is 1.75 bits per heavy atom. The molecule has 0 amide bonds. The van der Waals surface area contributed by atoms with Gasteiger partial charge in [-0.2, -0.15) is 0 Å². The van der Waals surface area contributed by atoms with Crippen LogP contribution in [-0.2, 0) is 0 Å². The van der Waals surface area contributed by atoms with E-state index >= 15 is 0 Å². The monoisotopic (exact) mass is 136 g/mol. The summed E-state index contributed by atoms with van der Waals surface area (Å²) in [5, 5.41) is 7.57. The SMILES string of the molecule is CCO.[SrH2]. The summed E-state index contributed by atoms with van der Waals surface area (Å²) in [4.78, 5) is 0. The molecule has 0 unspecified atom stereocenters. The van der Waals surface area contributed by atoms with Gasteiger partial charge >= 0.3 is 45.5 Å². The van der Waals surface area contributed by atoms with E-state index in [1.54, 1.807) is 6.92 Å². The summed E-state index contributed by atoms with van der Waals surface area (Å²) >= 11 is 0.